The lowest BCUT2D eigenvalue weighted by molar-refractivity contribution is -0.114. The molecule has 1 aromatic heterocycles. The SMILES string of the molecule is CN(Cc1ccccc1)c1ncnc2c1NC(=O)CN2. The van der Waals surface area contributed by atoms with Crippen molar-refractivity contribution in [3.8, 4) is 0 Å². The number of nitrogens with one attached hydrogen (secondary N) is 2. The van der Waals surface area contributed by atoms with Crippen LogP contribution in [-0.4, -0.2) is 29.5 Å². The van der Waals surface area contributed by atoms with Gasteiger partial charge in [0, 0.05) is 13.6 Å². The Labute approximate surface area is 116 Å². The highest BCUT2D eigenvalue weighted by molar-refractivity contribution is 6.02. The maximum atomic E-state index is 11.5. The number of amides is 1. The Morgan fingerprint density at radius 3 is 2.85 bits per heavy atom. The Morgan fingerprint density at radius 2 is 2.05 bits per heavy atom. The van der Waals surface area contributed by atoms with E-state index in [9.17, 15) is 4.79 Å². The van der Waals surface area contributed by atoms with Gasteiger partial charge in [0.1, 0.15) is 12.0 Å². The first kappa shape index (κ1) is 12.4. The van der Waals surface area contributed by atoms with Crippen LogP contribution < -0.4 is 15.5 Å². The third kappa shape index (κ3) is 2.40. The zero-order chi connectivity index (χ0) is 13.9. The third-order valence-corrected chi connectivity index (χ3v) is 3.13. The maximum absolute atomic E-state index is 11.5. The van der Waals surface area contributed by atoms with Crippen molar-refractivity contribution in [2.45, 2.75) is 6.54 Å². The molecule has 0 saturated heterocycles. The van der Waals surface area contributed by atoms with Crippen LogP contribution in [0.1, 0.15) is 5.56 Å². The van der Waals surface area contributed by atoms with E-state index < -0.39 is 0 Å². The molecule has 6 nitrogen and oxygen atoms in total. The number of carbonyl (C=O) groups excluding carboxylic acids is 1. The van der Waals surface area contributed by atoms with E-state index in [0.29, 0.717) is 23.9 Å². The van der Waals surface area contributed by atoms with Gasteiger partial charge in [-0.2, -0.15) is 0 Å². The molecule has 2 N–H and O–H groups in total. The Hall–Kier alpha value is -2.63. The molecule has 1 aliphatic rings. The van der Waals surface area contributed by atoms with E-state index in [-0.39, 0.29) is 12.5 Å². The standard InChI is InChI=1S/C14H15N5O/c1-19(8-10-5-3-2-4-6-10)14-12-13(16-9-17-14)15-7-11(20)18-12/h2-6,9H,7-8H2,1H3,(H,18,20)(H,15,16,17). The predicted octanol–water partition coefficient (Wildman–Crippen LogP) is 1.48. The quantitative estimate of drug-likeness (QED) is 0.883. The molecule has 0 unspecified atom stereocenters. The smallest absolute Gasteiger partial charge is 0.243 e. The van der Waals surface area contributed by atoms with Crippen molar-refractivity contribution in [1.82, 2.24) is 9.97 Å². The summed E-state index contributed by atoms with van der Waals surface area (Å²) in [6.45, 7) is 0.950. The molecule has 102 valence electrons. The minimum Gasteiger partial charge on any atom is -0.359 e. The molecular weight excluding hydrogens is 254 g/mol. The molecule has 0 spiro atoms. The Kier molecular flexibility index (Phi) is 3.20. The molecule has 0 fully saturated rings. The molecule has 20 heavy (non-hydrogen) atoms. The van der Waals surface area contributed by atoms with Gasteiger partial charge in [0.25, 0.3) is 0 Å². The highest BCUT2D eigenvalue weighted by atomic mass is 16.2. The van der Waals surface area contributed by atoms with Gasteiger partial charge in [-0.25, -0.2) is 9.97 Å². The van der Waals surface area contributed by atoms with Gasteiger partial charge in [-0.15, -0.1) is 0 Å². The van der Waals surface area contributed by atoms with Gasteiger partial charge < -0.3 is 15.5 Å². The molecule has 0 atom stereocenters. The first-order valence-electron chi connectivity index (χ1n) is 6.38. The fourth-order valence-electron chi connectivity index (χ4n) is 2.19. The number of hydrogen-bond donors (Lipinski definition) is 2. The summed E-state index contributed by atoms with van der Waals surface area (Å²) in [6, 6.07) is 10.1. The van der Waals surface area contributed by atoms with E-state index in [1.807, 2.05) is 30.1 Å². The summed E-state index contributed by atoms with van der Waals surface area (Å²) in [5.74, 6) is 1.29. The fourth-order valence-corrected chi connectivity index (χ4v) is 2.19. The van der Waals surface area contributed by atoms with Crippen LogP contribution in [0.25, 0.3) is 0 Å². The maximum Gasteiger partial charge on any atom is 0.243 e. The van der Waals surface area contributed by atoms with Gasteiger partial charge in [-0.3, -0.25) is 4.79 Å². The summed E-state index contributed by atoms with van der Waals surface area (Å²) < 4.78 is 0. The second kappa shape index (κ2) is 5.16. The van der Waals surface area contributed by atoms with Crippen molar-refractivity contribution < 1.29 is 4.79 Å². The van der Waals surface area contributed by atoms with E-state index in [1.165, 1.54) is 11.9 Å². The second-order valence-electron chi connectivity index (χ2n) is 4.66. The van der Waals surface area contributed by atoms with Gasteiger partial charge in [-0.1, -0.05) is 30.3 Å². The van der Waals surface area contributed by atoms with E-state index in [1.54, 1.807) is 0 Å². The number of benzene rings is 1. The average Bonchev–Trinajstić information content (AvgIpc) is 2.47. The second-order valence-corrected chi connectivity index (χ2v) is 4.66. The number of hydrogen-bond acceptors (Lipinski definition) is 5. The summed E-state index contributed by atoms with van der Waals surface area (Å²) in [5.41, 5.74) is 1.82. The normalized spacial score (nSPS) is 13.2. The van der Waals surface area contributed by atoms with Crippen molar-refractivity contribution in [3.63, 3.8) is 0 Å². The number of carbonyl (C=O) groups is 1. The van der Waals surface area contributed by atoms with Crippen LogP contribution in [0.3, 0.4) is 0 Å². The van der Waals surface area contributed by atoms with Crippen LogP contribution in [0.4, 0.5) is 17.3 Å². The largest absolute Gasteiger partial charge is 0.359 e. The topological polar surface area (TPSA) is 70.2 Å². The Bertz CT molecular complexity index is 629. The van der Waals surface area contributed by atoms with Crippen LogP contribution in [0.15, 0.2) is 36.7 Å². The van der Waals surface area contributed by atoms with Crippen molar-refractivity contribution in [2.24, 2.45) is 0 Å². The zero-order valence-electron chi connectivity index (χ0n) is 11.1. The number of fused-ring (bicyclic) bond motifs is 1. The lowest BCUT2D eigenvalue weighted by Gasteiger charge is -2.25. The molecule has 2 heterocycles. The van der Waals surface area contributed by atoms with Gasteiger partial charge >= 0.3 is 0 Å². The molecule has 0 aliphatic carbocycles. The van der Waals surface area contributed by atoms with Crippen molar-refractivity contribution in [3.05, 3.63) is 42.2 Å². The molecule has 1 amide bonds. The molecule has 0 saturated carbocycles. The van der Waals surface area contributed by atoms with E-state index in [0.717, 1.165) is 0 Å². The van der Waals surface area contributed by atoms with Crippen molar-refractivity contribution >= 4 is 23.2 Å². The number of aromatic nitrogens is 2. The summed E-state index contributed by atoms with van der Waals surface area (Å²) in [5, 5.41) is 5.81. The van der Waals surface area contributed by atoms with Crippen LogP contribution in [0, 0.1) is 0 Å². The van der Waals surface area contributed by atoms with Crippen molar-refractivity contribution in [1.29, 1.82) is 0 Å². The van der Waals surface area contributed by atoms with Gasteiger partial charge in [0.05, 0.1) is 6.54 Å². The van der Waals surface area contributed by atoms with Gasteiger partial charge in [-0.05, 0) is 5.56 Å². The first-order chi connectivity index (χ1) is 9.74. The Morgan fingerprint density at radius 1 is 1.25 bits per heavy atom. The highest BCUT2D eigenvalue weighted by Gasteiger charge is 2.21. The van der Waals surface area contributed by atoms with Gasteiger partial charge in [0.2, 0.25) is 5.91 Å². The summed E-state index contributed by atoms with van der Waals surface area (Å²) in [7, 11) is 1.94. The molecule has 0 bridgehead atoms. The summed E-state index contributed by atoms with van der Waals surface area (Å²) >= 11 is 0. The zero-order valence-corrected chi connectivity index (χ0v) is 11.1. The summed E-state index contributed by atoms with van der Waals surface area (Å²) in [4.78, 5) is 21.9. The molecule has 6 heteroatoms. The van der Waals surface area contributed by atoms with Gasteiger partial charge in [0.15, 0.2) is 11.6 Å². The number of anilines is 3. The lowest BCUT2D eigenvalue weighted by atomic mass is 10.2. The van der Waals surface area contributed by atoms with Crippen LogP contribution >= 0.6 is 0 Å². The molecule has 2 aromatic rings. The van der Waals surface area contributed by atoms with E-state index in [2.05, 4.69) is 32.7 Å². The Balaban J connectivity index is 1.88. The number of rotatable bonds is 3. The molecule has 3 rings (SSSR count). The first-order valence-corrected chi connectivity index (χ1v) is 6.38. The minimum atomic E-state index is -0.0818. The van der Waals surface area contributed by atoms with E-state index >= 15 is 0 Å². The molecule has 0 radical (unpaired) electrons. The highest BCUT2D eigenvalue weighted by Crippen LogP contribution is 2.31. The van der Waals surface area contributed by atoms with Crippen LogP contribution in [-0.2, 0) is 11.3 Å². The van der Waals surface area contributed by atoms with Crippen LogP contribution in [0.5, 0.6) is 0 Å². The third-order valence-electron chi connectivity index (χ3n) is 3.13. The summed E-state index contributed by atoms with van der Waals surface area (Å²) in [6.07, 6.45) is 1.50. The molecule has 1 aliphatic heterocycles. The number of nitrogens with zero attached hydrogens (tertiary/aromatic N) is 3. The monoisotopic (exact) mass is 269 g/mol. The van der Waals surface area contributed by atoms with Crippen molar-refractivity contribution in [2.75, 3.05) is 29.1 Å². The molecular formula is C14H15N5O. The van der Waals surface area contributed by atoms with Crippen LogP contribution in [0.2, 0.25) is 0 Å². The average molecular weight is 269 g/mol. The predicted molar refractivity (Wildman–Crippen MR) is 77.7 cm³/mol. The fraction of sp³-hybridized carbons (Fsp3) is 0.214. The van der Waals surface area contributed by atoms with E-state index in [4.69, 9.17) is 0 Å². The molecule has 1 aromatic carbocycles. The lowest BCUT2D eigenvalue weighted by Crippen LogP contribution is -2.30. The minimum absolute atomic E-state index is 0.0818.